The molecular formula is C22H24N2O2S. The number of nitrogens with zero attached hydrogens (tertiary/aromatic N) is 1. The van der Waals surface area contributed by atoms with Gasteiger partial charge in [-0.25, -0.2) is 0 Å². The van der Waals surface area contributed by atoms with E-state index in [9.17, 15) is 4.79 Å². The van der Waals surface area contributed by atoms with Crippen molar-refractivity contribution >= 4 is 28.6 Å². The first-order valence-corrected chi connectivity index (χ1v) is 10.2. The third kappa shape index (κ3) is 5.73. The Balaban J connectivity index is 1.36. The molecule has 1 heterocycles. The van der Waals surface area contributed by atoms with E-state index in [1.807, 2.05) is 55.5 Å². The largest absolute Gasteiger partial charge is 0.491 e. The van der Waals surface area contributed by atoms with Crippen LogP contribution in [0.15, 0.2) is 66.9 Å². The predicted molar refractivity (Wildman–Crippen MR) is 112 cm³/mol. The molecule has 1 atom stereocenters. The molecule has 0 saturated heterocycles. The molecule has 0 radical (unpaired) electrons. The molecule has 1 amide bonds. The predicted octanol–water partition coefficient (Wildman–Crippen LogP) is 4.44. The van der Waals surface area contributed by atoms with Crippen molar-refractivity contribution in [3.63, 3.8) is 0 Å². The number of nitrogens with one attached hydrogen (secondary N) is 1. The van der Waals surface area contributed by atoms with Crippen LogP contribution in [0.4, 0.5) is 0 Å². The van der Waals surface area contributed by atoms with Crippen LogP contribution < -0.4 is 10.1 Å². The van der Waals surface area contributed by atoms with Gasteiger partial charge in [-0.1, -0.05) is 48.5 Å². The van der Waals surface area contributed by atoms with Crippen LogP contribution in [0.1, 0.15) is 18.9 Å². The Kier molecular flexibility index (Phi) is 7.11. The number of para-hydroxylation sites is 1. The van der Waals surface area contributed by atoms with Crippen LogP contribution in [0, 0.1) is 0 Å². The molecule has 140 valence electrons. The Morgan fingerprint density at radius 3 is 2.78 bits per heavy atom. The number of pyridine rings is 1. The highest BCUT2D eigenvalue weighted by atomic mass is 32.2. The van der Waals surface area contributed by atoms with E-state index in [0.717, 1.165) is 28.8 Å². The third-order valence-electron chi connectivity index (χ3n) is 4.19. The molecule has 1 unspecified atom stereocenters. The van der Waals surface area contributed by atoms with Gasteiger partial charge in [-0.3, -0.25) is 9.78 Å². The summed E-state index contributed by atoms with van der Waals surface area (Å²) in [5, 5.41) is 3.97. The molecular weight excluding hydrogens is 356 g/mol. The van der Waals surface area contributed by atoms with Crippen LogP contribution in [0.3, 0.4) is 0 Å². The van der Waals surface area contributed by atoms with E-state index in [1.165, 1.54) is 5.56 Å². The van der Waals surface area contributed by atoms with Crippen LogP contribution in [-0.2, 0) is 10.5 Å². The molecule has 0 bridgehead atoms. The minimum atomic E-state index is -0.0756. The molecule has 0 spiro atoms. The van der Waals surface area contributed by atoms with Gasteiger partial charge in [-0.05, 0) is 31.0 Å². The van der Waals surface area contributed by atoms with E-state index >= 15 is 0 Å². The summed E-state index contributed by atoms with van der Waals surface area (Å²) in [6, 6.07) is 20.0. The first kappa shape index (κ1) is 19.2. The van der Waals surface area contributed by atoms with Gasteiger partial charge < -0.3 is 10.1 Å². The maximum atomic E-state index is 12.2. The van der Waals surface area contributed by atoms with Gasteiger partial charge >= 0.3 is 0 Å². The van der Waals surface area contributed by atoms with Gasteiger partial charge in [0.05, 0.1) is 11.9 Å². The number of aromatic nitrogens is 1. The smallest absolute Gasteiger partial charge is 0.232 e. The molecule has 0 fully saturated rings. The Bertz CT molecular complexity index is 865. The minimum Gasteiger partial charge on any atom is -0.491 e. The Hall–Kier alpha value is -2.53. The number of hydrogen-bond acceptors (Lipinski definition) is 4. The number of carbonyl (C=O) groups excluding carboxylic acids is 1. The van der Waals surface area contributed by atoms with Crippen molar-refractivity contribution in [1.29, 1.82) is 0 Å². The minimum absolute atomic E-state index is 0.0720. The Labute approximate surface area is 164 Å². The molecule has 0 saturated carbocycles. The van der Waals surface area contributed by atoms with Gasteiger partial charge in [-0.2, -0.15) is 0 Å². The highest BCUT2D eigenvalue weighted by molar-refractivity contribution is 7.99. The first-order chi connectivity index (χ1) is 13.2. The molecule has 0 aliphatic carbocycles. The summed E-state index contributed by atoms with van der Waals surface area (Å²) in [5.41, 5.74) is 2.11. The highest BCUT2D eigenvalue weighted by Gasteiger charge is 2.12. The average Bonchev–Trinajstić information content (AvgIpc) is 2.72. The molecule has 3 aromatic rings. The Morgan fingerprint density at radius 1 is 1.11 bits per heavy atom. The maximum absolute atomic E-state index is 12.2. The van der Waals surface area contributed by atoms with Crippen LogP contribution in [0.25, 0.3) is 10.9 Å². The first-order valence-electron chi connectivity index (χ1n) is 9.14. The zero-order chi connectivity index (χ0) is 18.9. The lowest BCUT2D eigenvalue weighted by Crippen LogP contribution is -2.32. The molecule has 0 aliphatic heterocycles. The summed E-state index contributed by atoms with van der Waals surface area (Å²) in [6.45, 7) is 3.09. The lowest BCUT2D eigenvalue weighted by molar-refractivity contribution is -0.120. The van der Waals surface area contributed by atoms with Crippen molar-refractivity contribution < 1.29 is 9.53 Å². The number of hydrogen-bond donors (Lipinski definition) is 1. The van der Waals surface area contributed by atoms with Crippen molar-refractivity contribution in [2.75, 3.05) is 13.2 Å². The van der Waals surface area contributed by atoms with Crippen molar-refractivity contribution in [2.45, 2.75) is 24.3 Å². The van der Waals surface area contributed by atoms with Crippen molar-refractivity contribution in [1.82, 2.24) is 10.3 Å². The number of ether oxygens (including phenoxy) is 1. The zero-order valence-electron chi connectivity index (χ0n) is 15.4. The molecule has 2 aromatic carbocycles. The van der Waals surface area contributed by atoms with Gasteiger partial charge in [0.2, 0.25) is 5.91 Å². The van der Waals surface area contributed by atoms with E-state index < -0.39 is 0 Å². The zero-order valence-corrected chi connectivity index (χ0v) is 16.2. The summed E-state index contributed by atoms with van der Waals surface area (Å²) >= 11 is 1.65. The number of amides is 1. The van der Waals surface area contributed by atoms with E-state index in [2.05, 4.69) is 22.4 Å². The normalized spacial score (nSPS) is 11.9. The molecule has 0 aliphatic rings. The fourth-order valence-corrected chi connectivity index (χ4v) is 3.54. The third-order valence-corrected chi connectivity index (χ3v) is 5.40. The van der Waals surface area contributed by atoms with Crippen LogP contribution in [-0.4, -0.2) is 29.3 Å². The standard InChI is InChI=1S/C22H24N2O2S/c1-17(27-16-18-8-3-2-4-9-18)22(25)24-14-7-15-26-20-12-5-10-19-11-6-13-23-21(19)20/h2-6,8-13,17H,7,14-16H2,1H3,(H,24,25). The van der Waals surface area contributed by atoms with Crippen molar-refractivity contribution in [3.8, 4) is 5.75 Å². The van der Waals surface area contributed by atoms with E-state index in [4.69, 9.17) is 4.74 Å². The van der Waals surface area contributed by atoms with Crippen molar-refractivity contribution in [3.05, 3.63) is 72.4 Å². The van der Waals surface area contributed by atoms with Gasteiger partial charge in [0.1, 0.15) is 11.3 Å². The van der Waals surface area contributed by atoms with Gasteiger partial charge in [0.15, 0.2) is 0 Å². The van der Waals surface area contributed by atoms with Crippen molar-refractivity contribution in [2.24, 2.45) is 0 Å². The average molecular weight is 381 g/mol. The molecule has 1 aromatic heterocycles. The van der Waals surface area contributed by atoms with E-state index in [0.29, 0.717) is 13.2 Å². The van der Waals surface area contributed by atoms with Gasteiger partial charge in [0, 0.05) is 23.9 Å². The molecule has 27 heavy (non-hydrogen) atoms. The highest BCUT2D eigenvalue weighted by Crippen LogP contribution is 2.23. The molecule has 5 heteroatoms. The van der Waals surface area contributed by atoms with Crippen LogP contribution in [0.2, 0.25) is 0 Å². The Morgan fingerprint density at radius 2 is 1.93 bits per heavy atom. The lowest BCUT2D eigenvalue weighted by atomic mass is 10.2. The van der Waals surface area contributed by atoms with Crippen LogP contribution in [0.5, 0.6) is 5.75 Å². The second-order valence-corrected chi connectivity index (χ2v) is 7.59. The second kappa shape index (κ2) is 9.97. The number of rotatable bonds is 9. The molecule has 4 nitrogen and oxygen atoms in total. The summed E-state index contributed by atoms with van der Waals surface area (Å²) < 4.78 is 5.85. The molecule has 3 rings (SSSR count). The van der Waals surface area contributed by atoms with E-state index in [1.54, 1.807) is 18.0 Å². The molecule has 1 N–H and O–H groups in total. The number of carbonyl (C=O) groups is 1. The monoisotopic (exact) mass is 380 g/mol. The fourth-order valence-electron chi connectivity index (χ4n) is 2.67. The number of thioether (sulfide) groups is 1. The summed E-state index contributed by atoms with van der Waals surface area (Å²) in [6.07, 6.45) is 2.52. The van der Waals surface area contributed by atoms with E-state index in [-0.39, 0.29) is 11.2 Å². The van der Waals surface area contributed by atoms with Gasteiger partial charge in [0.25, 0.3) is 0 Å². The second-order valence-electron chi connectivity index (χ2n) is 6.26. The van der Waals surface area contributed by atoms with Crippen LogP contribution >= 0.6 is 11.8 Å². The SMILES string of the molecule is CC(SCc1ccccc1)C(=O)NCCCOc1cccc2cccnc12. The number of benzene rings is 2. The summed E-state index contributed by atoms with van der Waals surface area (Å²) in [7, 11) is 0. The number of fused-ring (bicyclic) bond motifs is 1. The summed E-state index contributed by atoms with van der Waals surface area (Å²) in [5.74, 6) is 1.70. The lowest BCUT2D eigenvalue weighted by Gasteiger charge is -2.12. The topological polar surface area (TPSA) is 51.2 Å². The van der Waals surface area contributed by atoms with Gasteiger partial charge in [-0.15, -0.1) is 11.8 Å². The fraction of sp³-hybridized carbons (Fsp3) is 0.273. The quantitative estimate of drug-likeness (QED) is 0.558. The summed E-state index contributed by atoms with van der Waals surface area (Å²) in [4.78, 5) is 16.6. The maximum Gasteiger partial charge on any atom is 0.232 e.